The number of pyridine rings is 1. The second-order valence-electron chi connectivity index (χ2n) is 4.54. The van der Waals surface area contributed by atoms with Crippen molar-refractivity contribution in [1.82, 2.24) is 19.9 Å². The van der Waals surface area contributed by atoms with Crippen molar-refractivity contribution in [3.05, 3.63) is 60.4 Å². The van der Waals surface area contributed by atoms with Crippen LogP contribution in [0.5, 0.6) is 0 Å². The number of hydrogen-bond acceptors (Lipinski definition) is 5. The Hall–Kier alpha value is -2.47. The molecule has 0 saturated heterocycles. The highest BCUT2D eigenvalue weighted by Gasteiger charge is 2.18. The lowest BCUT2D eigenvalue weighted by molar-refractivity contribution is 0.659. The fraction of sp³-hybridized carbons (Fsp3) is 0.0667. The quantitative estimate of drug-likeness (QED) is 0.729. The minimum absolute atomic E-state index is 0.679. The van der Waals surface area contributed by atoms with Gasteiger partial charge in [0.2, 0.25) is 5.16 Å². The Labute approximate surface area is 125 Å². The van der Waals surface area contributed by atoms with E-state index in [1.165, 1.54) is 0 Å². The van der Waals surface area contributed by atoms with Gasteiger partial charge in [0.15, 0.2) is 5.82 Å². The molecule has 0 aliphatic carbocycles. The first kappa shape index (κ1) is 12.3. The van der Waals surface area contributed by atoms with Gasteiger partial charge in [0.1, 0.15) is 0 Å². The first-order valence-corrected chi connectivity index (χ1v) is 7.52. The van der Waals surface area contributed by atoms with Gasteiger partial charge in [0, 0.05) is 23.7 Å². The summed E-state index contributed by atoms with van der Waals surface area (Å²) in [6.45, 7) is 0. The molecule has 6 heteroatoms. The minimum atomic E-state index is 0.679. The van der Waals surface area contributed by atoms with E-state index in [2.05, 4.69) is 32.3 Å². The van der Waals surface area contributed by atoms with Crippen LogP contribution in [0, 0.1) is 0 Å². The molecule has 1 aliphatic rings. The average Bonchev–Trinajstić information content (AvgIpc) is 2.99. The van der Waals surface area contributed by atoms with Gasteiger partial charge < -0.3 is 0 Å². The van der Waals surface area contributed by atoms with E-state index in [4.69, 9.17) is 0 Å². The predicted octanol–water partition coefficient (Wildman–Crippen LogP) is 2.70. The van der Waals surface area contributed by atoms with Crippen molar-refractivity contribution in [2.75, 3.05) is 5.75 Å². The zero-order chi connectivity index (χ0) is 14.1. The molecular weight excluding hydrogens is 282 g/mol. The molecule has 3 aromatic rings. The van der Waals surface area contributed by atoms with E-state index >= 15 is 0 Å². The van der Waals surface area contributed by atoms with E-state index in [-0.39, 0.29) is 0 Å². The number of benzene rings is 1. The highest BCUT2D eigenvalue weighted by molar-refractivity contribution is 7.99. The fourth-order valence-corrected chi connectivity index (χ4v) is 2.95. The lowest BCUT2D eigenvalue weighted by atomic mass is 10.1. The zero-order valence-electron chi connectivity index (χ0n) is 11.0. The van der Waals surface area contributed by atoms with Gasteiger partial charge in [-0.3, -0.25) is 4.98 Å². The third-order valence-electron chi connectivity index (χ3n) is 3.16. The van der Waals surface area contributed by atoms with Crippen molar-refractivity contribution in [1.29, 1.82) is 0 Å². The third-order valence-corrected chi connectivity index (χ3v) is 4.09. The summed E-state index contributed by atoms with van der Waals surface area (Å²) in [5.41, 5.74) is 3.08. The Balaban J connectivity index is 1.73. The highest BCUT2D eigenvalue weighted by Crippen LogP contribution is 2.25. The lowest BCUT2D eigenvalue weighted by Gasteiger charge is -2.11. The second kappa shape index (κ2) is 5.14. The summed E-state index contributed by atoms with van der Waals surface area (Å²) in [5.74, 6) is 1.48. The summed E-state index contributed by atoms with van der Waals surface area (Å²) < 4.78 is 0. The third kappa shape index (κ3) is 2.34. The molecule has 0 atom stereocenters. The van der Waals surface area contributed by atoms with E-state index in [0.29, 0.717) is 5.82 Å². The van der Waals surface area contributed by atoms with Crippen molar-refractivity contribution >= 4 is 17.5 Å². The van der Waals surface area contributed by atoms with E-state index in [9.17, 15) is 0 Å². The van der Waals surface area contributed by atoms with Gasteiger partial charge in [-0.25, -0.2) is 0 Å². The number of nitrogens with zero attached hydrogens (tertiary/aromatic N) is 5. The van der Waals surface area contributed by atoms with Gasteiger partial charge in [0.25, 0.3) is 0 Å². The van der Waals surface area contributed by atoms with Crippen LogP contribution >= 0.6 is 11.8 Å². The van der Waals surface area contributed by atoms with Gasteiger partial charge in [-0.2, -0.15) is 10.1 Å². The highest BCUT2D eigenvalue weighted by atomic mass is 32.2. The fourth-order valence-electron chi connectivity index (χ4n) is 2.12. The predicted molar refractivity (Wildman–Crippen MR) is 82.4 cm³/mol. The molecule has 0 bridgehead atoms. The van der Waals surface area contributed by atoms with Crippen LogP contribution in [0.1, 0.15) is 5.56 Å². The standard InChI is InChI=1S/C15H11N5S/c1-2-4-11(5-3-1)13-10-21-15-17-14(19-20(15)18-13)12-6-8-16-9-7-12/h1-9H,10H2. The first-order valence-electron chi connectivity index (χ1n) is 6.54. The van der Waals surface area contributed by atoms with Gasteiger partial charge in [-0.1, -0.05) is 42.1 Å². The summed E-state index contributed by atoms with van der Waals surface area (Å²) >= 11 is 1.65. The summed E-state index contributed by atoms with van der Waals surface area (Å²) in [7, 11) is 0. The Kier molecular flexibility index (Phi) is 3.01. The van der Waals surface area contributed by atoms with E-state index in [0.717, 1.165) is 27.7 Å². The molecule has 0 saturated carbocycles. The van der Waals surface area contributed by atoms with E-state index < -0.39 is 0 Å². The van der Waals surface area contributed by atoms with Crippen LogP contribution in [0.4, 0.5) is 0 Å². The first-order chi connectivity index (χ1) is 10.4. The number of aromatic nitrogens is 4. The normalized spacial score (nSPS) is 13.6. The molecule has 0 fully saturated rings. The molecule has 2 aromatic heterocycles. The number of thioether (sulfide) groups is 1. The maximum Gasteiger partial charge on any atom is 0.211 e. The summed E-state index contributed by atoms with van der Waals surface area (Å²) in [6, 6.07) is 13.9. The van der Waals surface area contributed by atoms with Crippen LogP contribution in [0.3, 0.4) is 0 Å². The molecule has 0 N–H and O–H groups in total. The van der Waals surface area contributed by atoms with Crippen molar-refractivity contribution in [2.45, 2.75) is 5.16 Å². The maximum absolute atomic E-state index is 4.59. The number of fused-ring (bicyclic) bond motifs is 1. The molecule has 3 heterocycles. The van der Waals surface area contributed by atoms with Crippen LogP contribution < -0.4 is 0 Å². The van der Waals surface area contributed by atoms with E-state index in [1.54, 1.807) is 28.9 Å². The molecule has 0 spiro atoms. The molecule has 0 radical (unpaired) electrons. The molecule has 0 amide bonds. The van der Waals surface area contributed by atoms with Gasteiger partial charge in [-0.15, -0.1) is 9.89 Å². The van der Waals surface area contributed by atoms with Gasteiger partial charge >= 0.3 is 0 Å². The molecule has 1 aliphatic heterocycles. The monoisotopic (exact) mass is 293 g/mol. The maximum atomic E-state index is 4.59. The summed E-state index contributed by atoms with van der Waals surface area (Å²) in [4.78, 5) is 10.2. The van der Waals surface area contributed by atoms with Crippen LogP contribution in [0.2, 0.25) is 0 Å². The van der Waals surface area contributed by atoms with Crippen LogP contribution in [-0.4, -0.2) is 31.3 Å². The number of rotatable bonds is 2. The molecular formula is C15H11N5S. The Morgan fingerprint density at radius 3 is 2.57 bits per heavy atom. The molecule has 1 aromatic carbocycles. The van der Waals surface area contributed by atoms with Crippen LogP contribution in [-0.2, 0) is 0 Å². The minimum Gasteiger partial charge on any atom is -0.265 e. The molecule has 21 heavy (non-hydrogen) atoms. The topological polar surface area (TPSA) is 56.0 Å². The SMILES string of the molecule is c1ccc(C2=Nn3nc(-c4ccncc4)nc3SC2)cc1. The lowest BCUT2D eigenvalue weighted by Crippen LogP contribution is -2.13. The molecule has 102 valence electrons. The summed E-state index contributed by atoms with van der Waals surface area (Å²) in [6.07, 6.45) is 3.47. The van der Waals surface area contributed by atoms with Crippen molar-refractivity contribution in [3.63, 3.8) is 0 Å². The smallest absolute Gasteiger partial charge is 0.211 e. The zero-order valence-corrected chi connectivity index (χ0v) is 11.9. The number of hydrogen-bond donors (Lipinski definition) is 0. The Morgan fingerprint density at radius 1 is 0.952 bits per heavy atom. The van der Waals surface area contributed by atoms with Gasteiger partial charge in [-0.05, 0) is 17.7 Å². The van der Waals surface area contributed by atoms with Gasteiger partial charge in [0.05, 0.1) is 5.71 Å². The molecule has 5 nitrogen and oxygen atoms in total. The largest absolute Gasteiger partial charge is 0.265 e. The van der Waals surface area contributed by atoms with Crippen LogP contribution in [0.15, 0.2) is 65.1 Å². The van der Waals surface area contributed by atoms with Crippen molar-refractivity contribution in [2.24, 2.45) is 5.10 Å². The second-order valence-corrected chi connectivity index (χ2v) is 5.49. The van der Waals surface area contributed by atoms with E-state index in [1.807, 2.05) is 30.3 Å². The molecule has 0 unspecified atom stereocenters. The molecule has 4 rings (SSSR count). The average molecular weight is 293 g/mol. The van der Waals surface area contributed by atoms with Crippen LogP contribution in [0.25, 0.3) is 11.4 Å². The Bertz CT molecular complexity index is 795. The summed E-state index contributed by atoms with van der Waals surface area (Å²) in [5, 5.41) is 9.87. The van der Waals surface area contributed by atoms with Crippen molar-refractivity contribution in [3.8, 4) is 11.4 Å². The Morgan fingerprint density at radius 2 is 1.76 bits per heavy atom. The van der Waals surface area contributed by atoms with Crippen molar-refractivity contribution < 1.29 is 0 Å².